The molecule has 0 saturated heterocycles. The first-order valence-electron chi connectivity index (χ1n) is 5.60. The van der Waals surface area contributed by atoms with Crippen molar-refractivity contribution in [3.63, 3.8) is 0 Å². The van der Waals surface area contributed by atoms with Gasteiger partial charge in [-0.15, -0.1) is 11.8 Å². The molecule has 0 amide bonds. The average molecular weight is 222 g/mol. The van der Waals surface area contributed by atoms with Crippen LogP contribution < -0.4 is 11.1 Å². The molecule has 0 radical (unpaired) electrons. The van der Waals surface area contributed by atoms with Crippen molar-refractivity contribution in [1.29, 1.82) is 0 Å². The quantitative estimate of drug-likeness (QED) is 0.769. The summed E-state index contributed by atoms with van der Waals surface area (Å²) in [4.78, 5) is 1.46. The smallest absolute Gasteiger partial charge is 0.0343 e. The van der Waals surface area contributed by atoms with Crippen molar-refractivity contribution in [1.82, 2.24) is 0 Å². The van der Waals surface area contributed by atoms with Gasteiger partial charge in [0.05, 0.1) is 0 Å². The Balaban J connectivity index is 2.00. The van der Waals surface area contributed by atoms with Crippen molar-refractivity contribution < 1.29 is 0 Å². The highest BCUT2D eigenvalue weighted by Gasteiger charge is 2.09. The summed E-state index contributed by atoms with van der Waals surface area (Å²) in [5.74, 6) is 1.27. The zero-order valence-corrected chi connectivity index (χ0v) is 9.78. The van der Waals surface area contributed by atoms with Gasteiger partial charge >= 0.3 is 0 Å². The Kier molecular flexibility index (Phi) is 3.92. The molecule has 0 bridgehead atoms. The summed E-state index contributed by atoms with van der Waals surface area (Å²) in [6.07, 6.45) is 3.57. The largest absolute Gasteiger partial charge is 0.385 e. The van der Waals surface area contributed by atoms with Crippen molar-refractivity contribution in [3.05, 3.63) is 23.8 Å². The Labute approximate surface area is 95.6 Å². The van der Waals surface area contributed by atoms with Crippen LogP contribution in [-0.4, -0.2) is 18.8 Å². The molecule has 0 unspecified atom stereocenters. The Morgan fingerprint density at radius 3 is 3.20 bits per heavy atom. The molecule has 0 fully saturated rings. The Bertz CT molecular complexity index is 325. The minimum atomic E-state index is 0.758. The predicted molar refractivity (Wildman–Crippen MR) is 67.6 cm³/mol. The highest BCUT2D eigenvalue weighted by Crippen LogP contribution is 2.31. The lowest BCUT2D eigenvalue weighted by atomic mass is 10.1. The van der Waals surface area contributed by atoms with E-state index in [0.29, 0.717) is 0 Å². The third-order valence-electron chi connectivity index (χ3n) is 2.62. The number of anilines is 1. The van der Waals surface area contributed by atoms with Crippen molar-refractivity contribution >= 4 is 17.4 Å². The van der Waals surface area contributed by atoms with E-state index in [1.165, 1.54) is 34.7 Å². The SMILES string of the molecule is NCCCNc1ccc2c(c1)CCCS2. The topological polar surface area (TPSA) is 38.0 Å². The predicted octanol–water partition coefficient (Wildman–Crippen LogP) is 2.49. The van der Waals surface area contributed by atoms with Gasteiger partial charge in [0.1, 0.15) is 0 Å². The molecule has 0 spiro atoms. The van der Waals surface area contributed by atoms with E-state index in [4.69, 9.17) is 5.73 Å². The van der Waals surface area contributed by atoms with E-state index in [0.717, 1.165) is 19.5 Å². The highest BCUT2D eigenvalue weighted by molar-refractivity contribution is 7.99. The fourth-order valence-electron chi connectivity index (χ4n) is 1.81. The van der Waals surface area contributed by atoms with Gasteiger partial charge in [-0.05, 0) is 55.3 Å². The molecule has 1 aliphatic rings. The van der Waals surface area contributed by atoms with Crippen LogP contribution in [-0.2, 0) is 6.42 Å². The van der Waals surface area contributed by atoms with E-state index in [1.807, 2.05) is 11.8 Å². The van der Waals surface area contributed by atoms with Crippen LogP contribution in [0.5, 0.6) is 0 Å². The second-order valence-electron chi connectivity index (χ2n) is 3.84. The maximum atomic E-state index is 5.46. The normalized spacial score (nSPS) is 14.7. The first kappa shape index (κ1) is 10.8. The van der Waals surface area contributed by atoms with E-state index in [1.54, 1.807) is 0 Å². The lowest BCUT2D eigenvalue weighted by Gasteiger charge is -2.16. The van der Waals surface area contributed by atoms with Crippen LogP contribution in [0.1, 0.15) is 18.4 Å². The van der Waals surface area contributed by atoms with Gasteiger partial charge in [-0.3, -0.25) is 0 Å². The maximum absolute atomic E-state index is 5.46. The molecule has 1 heterocycles. The Hall–Kier alpha value is -0.670. The van der Waals surface area contributed by atoms with Crippen molar-refractivity contribution in [3.8, 4) is 0 Å². The minimum Gasteiger partial charge on any atom is -0.385 e. The van der Waals surface area contributed by atoms with Crippen LogP contribution in [0.3, 0.4) is 0 Å². The van der Waals surface area contributed by atoms with Crippen molar-refractivity contribution in [2.75, 3.05) is 24.2 Å². The van der Waals surface area contributed by atoms with Crippen LogP contribution in [0.15, 0.2) is 23.1 Å². The van der Waals surface area contributed by atoms with Gasteiger partial charge in [0.2, 0.25) is 0 Å². The molecule has 0 saturated carbocycles. The van der Waals surface area contributed by atoms with Crippen molar-refractivity contribution in [2.45, 2.75) is 24.2 Å². The number of hydrogen-bond donors (Lipinski definition) is 2. The highest BCUT2D eigenvalue weighted by atomic mass is 32.2. The second kappa shape index (κ2) is 5.42. The number of hydrogen-bond acceptors (Lipinski definition) is 3. The summed E-state index contributed by atoms with van der Waals surface area (Å²) in [6, 6.07) is 6.70. The molecular weight excluding hydrogens is 204 g/mol. The molecule has 3 heteroatoms. The van der Waals surface area contributed by atoms with Crippen LogP contribution in [0.25, 0.3) is 0 Å². The molecule has 1 aromatic rings. The van der Waals surface area contributed by atoms with Crippen LogP contribution in [0.4, 0.5) is 5.69 Å². The molecule has 0 atom stereocenters. The molecule has 15 heavy (non-hydrogen) atoms. The standard InChI is InChI=1S/C12H18N2S/c13-6-2-7-14-11-4-5-12-10(9-11)3-1-8-15-12/h4-5,9,14H,1-3,6-8,13H2. The molecular formula is C12H18N2S. The maximum Gasteiger partial charge on any atom is 0.0343 e. The molecule has 2 rings (SSSR count). The van der Waals surface area contributed by atoms with Gasteiger partial charge in [0.15, 0.2) is 0 Å². The molecule has 0 aromatic heterocycles. The van der Waals surface area contributed by atoms with Gasteiger partial charge in [-0.2, -0.15) is 0 Å². The summed E-state index contributed by atoms with van der Waals surface area (Å²) in [7, 11) is 0. The van der Waals surface area contributed by atoms with Crippen molar-refractivity contribution in [2.24, 2.45) is 5.73 Å². The lowest BCUT2D eigenvalue weighted by Crippen LogP contribution is -2.09. The van der Waals surface area contributed by atoms with E-state index in [-0.39, 0.29) is 0 Å². The number of aryl methyl sites for hydroxylation is 1. The molecule has 82 valence electrons. The fraction of sp³-hybridized carbons (Fsp3) is 0.500. The first-order chi connectivity index (χ1) is 7.40. The number of nitrogens with one attached hydrogen (secondary N) is 1. The van der Waals surface area contributed by atoms with Gasteiger partial charge in [0.25, 0.3) is 0 Å². The summed E-state index contributed by atoms with van der Waals surface area (Å²) in [5.41, 5.74) is 8.20. The summed E-state index contributed by atoms with van der Waals surface area (Å²) in [6.45, 7) is 1.73. The third kappa shape index (κ3) is 2.89. The zero-order valence-electron chi connectivity index (χ0n) is 8.96. The van der Waals surface area contributed by atoms with Gasteiger partial charge < -0.3 is 11.1 Å². The minimum absolute atomic E-state index is 0.758. The van der Waals surface area contributed by atoms with Gasteiger partial charge in [0, 0.05) is 17.1 Å². The molecule has 1 aliphatic heterocycles. The van der Waals surface area contributed by atoms with E-state index < -0.39 is 0 Å². The van der Waals surface area contributed by atoms with Gasteiger partial charge in [-0.25, -0.2) is 0 Å². The van der Waals surface area contributed by atoms with Crippen LogP contribution in [0, 0.1) is 0 Å². The van der Waals surface area contributed by atoms with Crippen LogP contribution in [0.2, 0.25) is 0 Å². The average Bonchev–Trinajstić information content (AvgIpc) is 2.29. The molecule has 1 aromatic carbocycles. The van der Waals surface area contributed by atoms with E-state index in [9.17, 15) is 0 Å². The number of nitrogens with two attached hydrogens (primary N) is 1. The summed E-state index contributed by atoms with van der Waals surface area (Å²) < 4.78 is 0. The molecule has 0 aliphatic carbocycles. The van der Waals surface area contributed by atoms with E-state index >= 15 is 0 Å². The summed E-state index contributed by atoms with van der Waals surface area (Å²) in [5, 5.41) is 3.41. The third-order valence-corrected chi connectivity index (χ3v) is 3.82. The Morgan fingerprint density at radius 2 is 2.33 bits per heavy atom. The van der Waals surface area contributed by atoms with E-state index in [2.05, 4.69) is 23.5 Å². The lowest BCUT2D eigenvalue weighted by molar-refractivity contribution is 0.869. The monoisotopic (exact) mass is 222 g/mol. The number of rotatable bonds is 4. The first-order valence-corrected chi connectivity index (χ1v) is 6.58. The number of fused-ring (bicyclic) bond motifs is 1. The fourth-order valence-corrected chi connectivity index (χ4v) is 2.82. The second-order valence-corrected chi connectivity index (χ2v) is 4.98. The molecule has 2 nitrogen and oxygen atoms in total. The van der Waals surface area contributed by atoms with Crippen LogP contribution >= 0.6 is 11.8 Å². The molecule has 3 N–H and O–H groups in total. The zero-order chi connectivity index (χ0) is 10.5. The number of benzene rings is 1. The number of thioether (sulfide) groups is 1. The summed E-state index contributed by atoms with van der Waals surface area (Å²) >= 11 is 1.98. The Morgan fingerprint density at radius 1 is 1.40 bits per heavy atom. The van der Waals surface area contributed by atoms with Gasteiger partial charge in [-0.1, -0.05) is 0 Å².